The summed E-state index contributed by atoms with van der Waals surface area (Å²) in [6.45, 7) is 8.62. The maximum Gasteiger partial charge on any atom is 0.223 e. The summed E-state index contributed by atoms with van der Waals surface area (Å²) in [5.74, 6) is 1.00. The van der Waals surface area contributed by atoms with E-state index in [0.29, 0.717) is 12.0 Å². The van der Waals surface area contributed by atoms with E-state index < -0.39 is 0 Å². The topological polar surface area (TPSA) is 29.1 Å². The second-order valence-electron chi connectivity index (χ2n) is 4.79. The van der Waals surface area contributed by atoms with E-state index in [4.69, 9.17) is 0 Å². The van der Waals surface area contributed by atoms with E-state index in [1.54, 1.807) is 0 Å². The first kappa shape index (κ1) is 16.2. The quantitative estimate of drug-likeness (QED) is 0.529. The molecule has 0 saturated heterocycles. The number of halogens is 1. The molecule has 1 atom stereocenters. The van der Waals surface area contributed by atoms with Crippen molar-refractivity contribution in [3.63, 3.8) is 0 Å². The Morgan fingerprint density at radius 1 is 1.19 bits per heavy atom. The average Bonchev–Trinajstić information content (AvgIpc) is 2.24. The maximum absolute atomic E-state index is 12.1. The standard InChI is InChI=1S/C13H26INO/c1-5-7-11(8-6-2)13(16)15-12(9-14)10(3)4/h10-12H,5-9H2,1-4H3,(H,15,16). The van der Waals surface area contributed by atoms with Crippen molar-refractivity contribution in [3.05, 3.63) is 0 Å². The third kappa shape index (κ3) is 6.06. The number of nitrogens with one attached hydrogen (secondary N) is 1. The molecule has 0 aliphatic heterocycles. The van der Waals surface area contributed by atoms with Gasteiger partial charge in [-0.05, 0) is 18.8 Å². The van der Waals surface area contributed by atoms with Crippen molar-refractivity contribution in [2.75, 3.05) is 4.43 Å². The van der Waals surface area contributed by atoms with Crippen molar-refractivity contribution in [3.8, 4) is 0 Å². The van der Waals surface area contributed by atoms with Crippen LogP contribution in [0.15, 0.2) is 0 Å². The fraction of sp³-hybridized carbons (Fsp3) is 0.923. The van der Waals surface area contributed by atoms with Crippen LogP contribution in [-0.2, 0) is 4.79 Å². The molecular formula is C13H26INO. The van der Waals surface area contributed by atoms with Gasteiger partial charge in [-0.1, -0.05) is 63.1 Å². The first-order valence-electron chi connectivity index (χ1n) is 6.43. The minimum Gasteiger partial charge on any atom is -0.352 e. The number of amides is 1. The summed E-state index contributed by atoms with van der Waals surface area (Å²) < 4.78 is 0.992. The number of carbonyl (C=O) groups is 1. The molecule has 3 heteroatoms. The Bertz CT molecular complexity index is 188. The molecule has 0 aliphatic rings. The number of rotatable bonds is 8. The Kier molecular flexibility index (Phi) is 9.37. The highest BCUT2D eigenvalue weighted by atomic mass is 127. The molecule has 0 saturated carbocycles. The van der Waals surface area contributed by atoms with E-state index in [1.807, 2.05) is 0 Å². The van der Waals surface area contributed by atoms with E-state index in [1.165, 1.54) is 0 Å². The molecule has 0 rings (SSSR count). The summed E-state index contributed by atoms with van der Waals surface area (Å²) in [4.78, 5) is 12.1. The predicted molar refractivity (Wildman–Crippen MR) is 79.0 cm³/mol. The minimum absolute atomic E-state index is 0.221. The molecule has 0 radical (unpaired) electrons. The van der Waals surface area contributed by atoms with Gasteiger partial charge in [0.1, 0.15) is 0 Å². The van der Waals surface area contributed by atoms with Gasteiger partial charge in [-0.2, -0.15) is 0 Å². The van der Waals surface area contributed by atoms with E-state index in [0.717, 1.165) is 30.1 Å². The van der Waals surface area contributed by atoms with Crippen LogP contribution in [0.2, 0.25) is 0 Å². The summed E-state index contributed by atoms with van der Waals surface area (Å²) in [6.07, 6.45) is 4.22. The lowest BCUT2D eigenvalue weighted by atomic mass is 9.96. The molecule has 0 aromatic heterocycles. The second kappa shape index (κ2) is 9.25. The van der Waals surface area contributed by atoms with Crippen LogP contribution < -0.4 is 5.32 Å². The van der Waals surface area contributed by atoms with Gasteiger partial charge in [-0.15, -0.1) is 0 Å². The third-order valence-corrected chi connectivity index (χ3v) is 3.89. The number of alkyl halides is 1. The van der Waals surface area contributed by atoms with Crippen LogP contribution in [0, 0.1) is 11.8 Å². The highest BCUT2D eigenvalue weighted by molar-refractivity contribution is 14.1. The van der Waals surface area contributed by atoms with Crippen molar-refractivity contribution >= 4 is 28.5 Å². The first-order valence-corrected chi connectivity index (χ1v) is 7.95. The Labute approximate surface area is 114 Å². The molecule has 1 amide bonds. The SMILES string of the molecule is CCCC(CCC)C(=O)NC(CI)C(C)C. The Hall–Kier alpha value is 0.200. The fourth-order valence-corrected chi connectivity index (χ4v) is 3.02. The summed E-state index contributed by atoms with van der Waals surface area (Å²) in [5.41, 5.74) is 0. The van der Waals surface area contributed by atoms with E-state index in [-0.39, 0.29) is 11.8 Å². The second-order valence-corrected chi connectivity index (χ2v) is 5.67. The van der Waals surface area contributed by atoms with Crippen LogP contribution in [0.3, 0.4) is 0 Å². The lowest BCUT2D eigenvalue weighted by Crippen LogP contribution is -2.42. The molecule has 0 aliphatic carbocycles. The molecule has 16 heavy (non-hydrogen) atoms. The molecule has 0 fully saturated rings. The van der Waals surface area contributed by atoms with Crippen LogP contribution in [0.1, 0.15) is 53.4 Å². The normalized spacial score (nSPS) is 13.2. The zero-order chi connectivity index (χ0) is 12.6. The highest BCUT2D eigenvalue weighted by Crippen LogP contribution is 2.15. The van der Waals surface area contributed by atoms with Gasteiger partial charge < -0.3 is 5.32 Å². The summed E-state index contributed by atoms with van der Waals surface area (Å²) in [7, 11) is 0. The van der Waals surface area contributed by atoms with Crippen LogP contribution in [0.5, 0.6) is 0 Å². The molecule has 0 aromatic carbocycles. The van der Waals surface area contributed by atoms with Gasteiger partial charge in [-0.3, -0.25) is 4.79 Å². The molecule has 1 unspecified atom stereocenters. The largest absolute Gasteiger partial charge is 0.352 e. The first-order chi connectivity index (χ1) is 7.56. The van der Waals surface area contributed by atoms with Gasteiger partial charge >= 0.3 is 0 Å². The molecule has 96 valence electrons. The minimum atomic E-state index is 0.221. The van der Waals surface area contributed by atoms with E-state index >= 15 is 0 Å². The molecule has 0 heterocycles. The lowest BCUT2D eigenvalue weighted by Gasteiger charge is -2.23. The molecule has 0 bridgehead atoms. The lowest BCUT2D eigenvalue weighted by molar-refractivity contribution is -0.126. The monoisotopic (exact) mass is 339 g/mol. The number of hydrogen-bond donors (Lipinski definition) is 1. The van der Waals surface area contributed by atoms with Gasteiger partial charge in [-0.25, -0.2) is 0 Å². The fourth-order valence-electron chi connectivity index (χ4n) is 1.79. The number of hydrogen-bond acceptors (Lipinski definition) is 1. The maximum atomic E-state index is 12.1. The molecular weight excluding hydrogens is 313 g/mol. The van der Waals surface area contributed by atoms with Gasteiger partial charge in [0, 0.05) is 16.4 Å². The van der Waals surface area contributed by atoms with Crippen molar-refractivity contribution in [1.82, 2.24) is 5.32 Å². The summed E-state index contributed by atoms with van der Waals surface area (Å²) in [5, 5.41) is 3.19. The zero-order valence-corrected chi connectivity index (χ0v) is 13.2. The van der Waals surface area contributed by atoms with Gasteiger partial charge in [0.15, 0.2) is 0 Å². The van der Waals surface area contributed by atoms with Crippen LogP contribution in [0.4, 0.5) is 0 Å². The average molecular weight is 339 g/mol. The van der Waals surface area contributed by atoms with Gasteiger partial charge in [0.25, 0.3) is 0 Å². The van der Waals surface area contributed by atoms with Crippen LogP contribution >= 0.6 is 22.6 Å². The van der Waals surface area contributed by atoms with Crippen LogP contribution in [-0.4, -0.2) is 16.4 Å². The van der Waals surface area contributed by atoms with Crippen LogP contribution in [0.25, 0.3) is 0 Å². The molecule has 0 spiro atoms. The van der Waals surface area contributed by atoms with Gasteiger partial charge in [0.2, 0.25) is 5.91 Å². The zero-order valence-electron chi connectivity index (χ0n) is 11.1. The Morgan fingerprint density at radius 3 is 2.00 bits per heavy atom. The summed E-state index contributed by atoms with van der Waals surface area (Å²) in [6, 6.07) is 0.323. The van der Waals surface area contributed by atoms with Crippen molar-refractivity contribution in [1.29, 1.82) is 0 Å². The van der Waals surface area contributed by atoms with Crippen molar-refractivity contribution < 1.29 is 4.79 Å². The smallest absolute Gasteiger partial charge is 0.223 e. The molecule has 0 aromatic rings. The molecule has 2 nitrogen and oxygen atoms in total. The highest BCUT2D eigenvalue weighted by Gasteiger charge is 2.21. The van der Waals surface area contributed by atoms with E-state index in [2.05, 4.69) is 55.6 Å². The summed E-state index contributed by atoms with van der Waals surface area (Å²) >= 11 is 2.35. The Morgan fingerprint density at radius 2 is 1.69 bits per heavy atom. The van der Waals surface area contributed by atoms with Crippen molar-refractivity contribution in [2.24, 2.45) is 11.8 Å². The number of carbonyl (C=O) groups excluding carboxylic acids is 1. The van der Waals surface area contributed by atoms with Crippen molar-refractivity contribution in [2.45, 2.75) is 59.4 Å². The Balaban J connectivity index is 4.26. The van der Waals surface area contributed by atoms with Gasteiger partial charge in [0.05, 0.1) is 0 Å². The molecule has 1 N–H and O–H groups in total. The van der Waals surface area contributed by atoms with E-state index in [9.17, 15) is 4.79 Å². The predicted octanol–water partition coefficient (Wildman–Crippen LogP) is 3.78. The third-order valence-electron chi connectivity index (χ3n) is 2.94.